The van der Waals surface area contributed by atoms with Gasteiger partial charge in [-0.25, -0.2) is 18.7 Å². The Hall–Kier alpha value is -6.30. The fourth-order valence-corrected chi connectivity index (χ4v) is 9.20. The maximum Gasteiger partial charge on any atom is 0.258 e. The zero-order valence-electron chi connectivity index (χ0n) is 38.1. The number of aromatic nitrogens is 3. The molecule has 2 aromatic heterocycles. The van der Waals surface area contributed by atoms with Crippen LogP contribution in [-0.2, 0) is 16.9 Å². The smallest absolute Gasteiger partial charge is 0.258 e. The number of rotatable bonds is 13. The van der Waals surface area contributed by atoms with Gasteiger partial charge in [0.15, 0.2) is 0 Å². The van der Waals surface area contributed by atoms with Crippen molar-refractivity contribution in [2.45, 2.75) is 64.6 Å². The number of hydrogen-bond donors (Lipinski definition) is 5. The minimum Gasteiger partial charge on any atom is -0.490 e. The average molecular weight is 914 g/mol. The summed E-state index contributed by atoms with van der Waals surface area (Å²) in [6.07, 6.45) is 2.89. The number of aromatic amines is 1. The van der Waals surface area contributed by atoms with Crippen LogP contribution >= 0.6 is 0 Å². The van der Waals surface area contributed by atoms with E-state index < -0.39 is 29.5 Å². The molecule has 9 rings (SSSR count). The number of carbonyl (C=O) groups excluding carboxylic acids is 2. The second-order valence-electron chi connectivity index (χ2n) is 18.4. The largest absolute Gasteiger partial charge is 0.490 e. The third-order valence-corrected chi connectivity index (χ3v) is 13.3. The number of anilines is 2. The highest BCUT2D eigenvalue weighted by Crippen LogP contribution is 2.35. The number of nitrogens with one attached hydrogen (secondary N) is 3. The number of aliphatic hydroxyl groups is 2. The monoisotopic (exact) mass is 913 g/mol. The van der Waals surface area contributed by atoms with E-state index in [1.807, 2.05) is 30.3 Å². The molecule has 4 aromatic carbocycles. The van der Waals surface area contributed by atoms with Gasteiger partial charge in [-0.1, -0.05) is 30.3 Å². The predicted molar refractivity (Wildman–Crippen MR) is 253 cm³/mol. The number of nitrogens with zero attached hydrogens (tertiary/aromatic N) is 6. The third-order valence-electron chi connectivity index (χ3n) is 13.3. The summed E-state index contributed by atoms with van der Waals surface area (Å²) in [6, 6.07) is 24.6. The number of likely N-dealkylation sites (tertiary alicyclic amines) is 1. The molecule has 3 fully saturated rings. The topological polar surface area (TPSA) is 162 Å². The van der Waals surface area contributed by atoms with Crippen molar-refractivity contribution in [2.24, 2.45) is 0 Å². The maximum absolute atomic E-state index is 15.2. The van der Waals surface area contributed by atoms with Crippen LogP contribution in [0.4, 0.5) is 20.2 Å². The van der Waals surface area contributed by atoms with Gasteiger partial charge >= 0.3 is 0 Å². The highest BCUT2D eigenvalue weighted by Gasteiger charge is 2.27. The Balaban J connectivity index is 0.745. The summed E-state index contributed by atoms with van der Waals surface area (Å²) in [4.78, 5) is 46.5. The molecule has 0 aliphatic carbocycles. The van der Waals surface area contributed by atoms with Crippen LogP contribution < -0.4 is 20.3 Å². The molecule has 16 heteroatoms. The fraction of sp³-hybridized carbons (Fsp3) is 0.373. The van der Waals surface area contributed by atoms with E-state index in [0.717, 1.165) is 101 Å². The normalized spacial score (nSPS) is 18.0. The van der Waals surface area contributed by atoms with Crippen molar-refractivity contribution < 1.29 is 33.3 Å². The number of hydrogen-bond acceptors (Lipinski definition) is 11. The lowest BCUT2D eigenvalue weighted by molar-refractivity contribution is -0.125. The van der Waals surface area contributed by atoms with E-state index in [4.69, 9.17) is 4.74 Å². The minimum atomic E-state index is -1.28. The van der Waals surface area contributed by atoms with Gasteiger partial charge in [0.25, 0.3) is 5.91 Å². The van der Waals surface area contributed by atoms with Crippen molar-refractivity contribution in [3.05, 3.63) is 125 Å². The second-order valence-corrected chi connectivity index (χ2v) is 18.4. The fourth-order valence-electron chi connectivity index (χ4n) is 9.20. The molecular formula is C51H57F2N9O5. The first-order valence-corrected chi connectivity index (χ1v) is 23.0. The lowest BCUT2D eigenvalue weighted by Crippen LogP contribution is -2.54. The Kier molecular flexibility index (Phi) is 13.3. The van der Waals surface area contributed by atoms with Crippen molar-refractivity contribution in [3.63, 3.8) is 0 Å². The van der Waals surface area contributed by atoms with Gasteiger partial charge in [-0.05, 0) is 110 Å². The molecule has 3 aliphatic rings. The van der Waals surface area contributed by atoms with Crippen LogP contribution in [0.2, 0.25) is 0 Å². The van der Waals surface area contributed by atoms with E-state index in [9.17, 15) is 24.2 Å². The van der Waals surface area contributed by atoms with E-state index in [-0.39, 0.29) is 23.3 Å². The standard InChI is InChI=1S/C51H57F2N9O5/c1-32-41(27-36(52)28-44(32)57-49(64)40-13-8-35(26-43(40)53)51(2,3)66)47-42-29-45(56-48(42)55-31-54-47)34-6-4-33(5-7-34)30-61-24-22-60(23-25-61)21-20-59-17-14-39(15-18-59)67-38-11-9-37(10-12-38)62-19-16-46(63)58-50(62)65/h4-13,26-29,31,39,50,65-66H,14-25,30H2,1-3H3,(H,57,64)(H,58,63)(H,54,55,56). The van der Waals surface area contributed by atoms with Gasteiger partial charge in [0.1, 0.15) is 35.5 Å². The molecule has 6 aromatic rings. The van der Waals surface area contributed by atoms with E-state index in [1.54, 1.807) is 11.8 Å². The number of piperidine rings is 1. The van der Waals surface area contributed by atoms with Crippen LogP contribution in [0.25, 0.3) is 33.5 Å². The summed E-state index contributed by atoms with van der Waals surface area (Å²) in [5.74, 6) is -1.46. The average Bonchev–Trinajstić information content (AvgIpc) is 3.76. The maximum atomic E-state index is 15.2. The zero-order valence-corrected chi connectivity index (χ0v) is 38.1. The van der Waals surface area contributed by atoms with Gasteiger partial charge in [0.2, 0.25) is 12.3 Å². The molecule has 1 unspecified atom stereocenters. The van der Waals surface area contributed by atoms with E-state index in [0.29, 0.717) is 46.4 Å². The summed E-state index contributed by atoms with van der Waals surface area (Å²) in [5, 5.41) is 26.4. The first kappa shape index (κ1) is 45.8. The molecule has 0 radical (unpaired) electrons. The summed E-state index contributed by atoms with van der Waals surface area (Å²) in [6.45, 7) is 14.3. The lowest BCUT2D eigenvalue weighted by Gasteiger charge is -2.37. The van der Waals surface area contributed by atoms with Gasteiger partial charge in [0, 0.05) is 99.9 Å². The van der Waals surface area contributed by atoms with Crippen molar-refractivity contribution in [3.8, 4) is 28.3 Å². The Morgan fingerprint density at radius 2 is 1.57 bits per heavy atom. The van der Waals surface area contributed by atoms with Crippen LogP contribution in [0.1, 0.15) is 60.2 Å². The van der Waals surface area contributed by atoms with Gasteiger partial charge in [-0.3, -0.25) is 19.4 Å². The summed E-state index contributed by atoms with van der Waals surface area (Å²) in [7, 11) is 0. The first-order chi connectivity index (χ1) is 32.2. The van der Waals surface area contributed by atoms with E-state index >= 15 is 4.39 Å². The summed E-state index contributed by atoms with van der Waals surface area (Å²) < 4.78 is 36.5. The molecule has 5 heterocycles. The second kappa shape index (κ2) is 19.5. The quantitative estimate of drug-likeness (QED) is 0.0847. The predicted octanol–water partition coefficient (Wildman–Crippen LogP) is 6.62. The highest BCUT2D eigenvalue weighted by molar-refractivity contribution is 6.06. The van der Waals surface area contributed by atoms with Gasteiger partial charge in [-0.2, -0.15) is 0 Å². The lowest BCUT2D eigenvalue weighted by atomic mass is 9.96. The molecule has 3 aliphatic heterocycles. The van der Waals surface area contributed by atoms with Crippen LogP contribution in [-0.4, -0.2) is 123 Å². The molecule has 1 atom stereocenters. The molecule has 0 saturated carbocycles. The molecule has 3 saturated heterocycles. The number of carbonyl (C=O) groups is 2. The molecule has 2 amide bonds. The number of fused-ring (bicyclic) bond motifs is 1. The molecule has 14 nitrogen and oxygen atoms in total. The molecule has 350 valence electrons. The Morgan fingerprint density at radius 3 is 2.25 bits per heavy atom. The molecule has 0 bridgehead atoms. The van der Waals surface area contributed by atoms with Gasteiger partial charge < -0.3 is 40.4 Å². The number of amides is 2. The Labute approximate surface area is 388 Å². The first-order valence-electron chi connectivity index (χ1n) is 23.0. The van der Waals surface area contributed by atoms with Gasteiger partial charge in [0.05, 0.1) is 16.9 Å². The summed E-state index contributed by atoms with van der Waals surface area (Å²) in [5.41, 5.74) is 4.95. The zero-order chi connectivity index (χ0) is 46.8. The van der Waals surface area contributed by atoms with Crippen LogP contribution in [0.15, 0.2) is 91.3 Å². The third kappa shape index (κ3) is 10.6. The van der Waals surface area contributed by atoms with Crippen molar-refractivity contribution in [1.82, 2.24) is 35.0 Å². The van der Waals surface area contributed by atoms with Gasteiger partial charge in [-0.15, -0.1) is 0 Å². The number of aliphatic hydroxyl groups excluding tert-OH is 1. The molecule has 67 heavy (non-hydrogen) atoms. The van der Waals surface area contributed by atoms with Crippen molar-refractivity contribution in [1.29, 1.82) is 0 Å². The van der Waals surface area contributed by atoms with Crippen LogP contribution in [0.5, 0.6) is 5.75 Å². The molecule has 5 N–H and O–H groups in total. The number of halogens is 2. The summed E-state index contributed by atoms with van der Waals surface area (Å²) >= 11 is 0. The Morgan fingerprint density at radius 1 is 0.866 bits per heavy atom. The van der Waals surface area contributed by atoms with Crippen LogP contribution in [0, 0.1) is 18.6 Å². The molecule has 0 spiro atoms. The minimum absolute atomic E-state index is 0.145. The molecular weight excluding hydrogens is 857 g/mol. The van der Waals surface area contributed by atoms with Crippen molar-refractivity contribution in [2.75, 3.05) is 69.1 Å². The number of H-pyrrole nitrogens is 1. The Bertz CT molecular complexity index is 2730. The highest BCUT2D eigenvalue weighted by atomic mass is 19.1. The van der Waals surface area contributed by atoms with E-state index in [2.05, 4.69) is 64.6 Å². The van der Waals surface area contributed by atoms with E-state index in [1.165, 1.54) is 50.0 Å². The SMILES string of the molecule is Cc1c(NC(=O)c2ccc(C(C)(C)O)cc2F)cc(F)cc1-c1ncnc2[nH]c(-c3ccc(CN4CCN(CCN5CCC(Oc6ccc(N7CCC(=O)NC7O)cc6)CC5)CC4)cc3)cc12. The van der Waals surface area contributed by atoms with Crippen LogP contribution in [0.3, 0.4) is 0 Å². The van der Waals surface area contributed by atoms with Crippen molar-refractivity contribution >= 4 is 34.2 Å². The number of ether oxygens (including phenoxy) is 1. The number of benzene rings is 4. The number of piperazine rings is 1.